The van der Waals surface area contributed by atoms with Crippen LogP contribution in [0, 0.1) is 5.41 Å². The van der Waals surface area contributed by atoms with Crippen LogP contribution in [0.4, 0.5) is 0 Å². The van der Waals surface area contributed by atoms with Gasteiger partial charge in [0.15, 0.2) is 5.82 Å². The van der Waals surface area contributed by atoms with E-state index in [9.17, 15) is 0 Å². The number of H-pyrrole nitrogens is 1. The van der Waals surface area contributed by atoms with Gasteiger partial charge in [-0.05, 0) is 50.3 Å². The number of hydrogen-bond acceptors (Lipinski definition) is 3. The molecule has 1 saturated carbocycles. The van der Waals surface area contributed by atoms with Gasteiger partial charge in [-0.15, -0.1) is 0 Å². The summed E-state index contributed by atoms with van der Waals surface area (Å²) in [6.45, 7) is 5.46. The SMILES string of the molecule is CCCn1nc(-c2c[nH]c3ccccc23)nc1C1CC12CCNCC2. The van der Waals surface area contributed by atoms with E-state index in [0.29, 0.717) is 11.3 Å². The van der Waals surface area contributed by atoms with E-state index in [1.165, 1.54) is 30.5 Å². The molecule has 1 aromatic carbocycles. The molecule has 1 atom stereocenters. The average molecular weight is 335 g/mol. The van der Waals surface area contributed by atoms with Gasteiger partial charge in [0.25, 0.3) is 0 Å². The van der Waals surface area contributed by atoms with E-state index < -0.39 is 0 Å². The molecule has 5 rings (SSSR count). The molecule has 1 aliphatic heterocycles. The Balaban J connectivity index is 1.54. The molecule has 3 aromatic rings. The van der Waals surface area contributed by atoms with Crippen LogP contribution in [0.2, 0.25) is 0 Å². The van der Waals surface area contributed by atoms with Crippen molar-refractivity contribution in [2.45, 2.75) is 45.1 Å². The Hall–Kier alpha value is -2.14. The van der Waals surface area contributed by atoms with Crippen molar-refractivity contribution in [3.8, 4) is 11.4 Å². The second kappa shape index (κ2) is 5.70. The van der Waals surface area contributed by atoms with Crippen LogP contribution < -0.4 is 5.32 Å². The van der Waals surface area contributed by atoms with Crippen molar-refractivity contribution >= 4 is 10.9 Å². The summed E-state index contributed by atoms with van der Waals surface area (Å²) in [7, 11) is 0. The summed E-state index contributed by atoms with van der Waals surface area (Å²) >= 11 is 0. The number of para-hydroxylation sites is 1. The van der Waals surface area contributed by atoms with Crippen LogP contribution >= 0.6 is 0 Å². The molecule has 1 spiro atoms. The van der Waals surface area contributed by atoms with Gasteiger partial charge in [0, 0.05) is 35.1 Å². The van der Waals surface area contributed by atoms with Gasteiger partial charge in [0.1, 0.15) is 5.82 Å². The highest BCUT2D eigenvalue weighted by atomic mass is 15.4. The molecule has 3 heterocycles. The molecule has 1 unspecified atom stereocenters. The van der Waals surface area contributed by atoms with E-state index in [1.807, 2.05) is 6.20 Å². The molecule has 2 aromatic heterocycles. The molecular formula is C20H25N5. The van der Waals surface area contributed by atoms with Crippen LogP contribution in [0.3, 0.4) is 0 Å². The quantitative estimate of drug-likeness (QED) is 0.764. The van der Waals surface area contributed by atoms with Crippen molar-refractivity contribution in [3.63, 3.8) is 0 Å². The van der Waals surface area contributed by atoms with Gasteiger partial charge in [-0.3, -0.25) is 0 Å². The number of piperidine rings is 1. The topological polar surface area (TPSA) is 58.5 Å². The number of nitrogens with one attached hydrogen (secondary N) is 2. The second-order valence-corrected chi connectivity index (χ2v) is 7.63. The van der Waals surface area contributed by atoms with E-state index in [1.54, 1.807) is 0 Å². The molecule has 0 bridgehead atoms. The lowest BCUT2D eigenvalue weighted by molar-refractivity contribution is 0.337. The van der Waals surface area contributed by atoms with Crippen molar-refractivity contribution in [2.24, 2.45) is 5.41 Å². The van der Waals surface area contributed by atoms with Crippen molar-refractivity contribution in [2.75, 3.05) is 13.1 Å². The van der Waals surface area contributed by atoms with Gasteiger partial charge in [0.2, 0.25) is 0 Å². The standard InChI is InChI=1S/C20H25N5/c1-2-11-25-19(16-12-20(16)7-9-21-10-8-20)23-18(24-25)15-13-22-17-6-4-3-5-14(15)17/h3-6,13,16,21-22H,2,7-12H2,1H3. The predicted molar refractivity (Wildman–Crippen MR) is 99.5 cm³/mol. The van der Waals surface area contributed by atoms with Crippen LogP contribution in [-0.2, 0) is 6.54 Å². The van der Waals surface area contributed by atoms with Crippen LogP contribution in [0.25, 0.3) is 22.3 Å². The number of rotatable bonds is 4. The molecule has 2 N–H and O–H groups in total. The largest absolute Gasteiger partial charge is 0.360 e. The third-order valence-electron chi connectivity index (χ3n) is 6.07. The fourth-order valence-corrected chi connectivity index (χ4v) is 4.55. The minimum Gasteiger partial charge on any atom is -0.360 e. The zero-order chi connectivity index (χ0) is 16.9. The maximum atomic E-state index is 5.04. The molecule has 1 saturated heterocycles. The van der Waals surface area contributed by atoms with Crippen molar-refractivity contribution in [3.05, 3.63) is 36.3 Å². The smallest absolute Gasteiger partial charge is 0.183 e. The molecule has 5 heteroatoms. The first-order valence-corrected chi connectivity index (χ1v) is 9.53. The Bertz CT molecular complexity index is 900. The summed E-state index contributed by atoms with van der Waals surface area (Å²) in [6, 6.07) is 8.39. The molecule has 2 fully saturated rings. The number of benzene rings is 1. The Kier molecular flexibility index (Phi) is 3.45. The lowest BCUT2D eigenvalue weighted by atomic mass is 9.92. The monoisotopic (exact) mass is 335 g/mol. The van der Waals surface area contributed by atoms with E-state index in [2.05, 4.69) is 46.2 Å². The van der Waals surface area contributed by atoms with Crippen molar-refractivity contribution in [1.29, 1.82) is 0 Å². The molecule has 0 radical (unpaired) electrons. The highest BCUT2D eigenvalue weighted by molar-refractivity contribution is 5.93. The van der Waals surface area contributed by atoms with Crippen LogP contribution in [-0.4, -0.2) is 32.8 Å². The number of fused-ring (bicyclic) bond motifs is 1. The first kappa shape index (κ1) is 15.1. The van der Waals surface area contributed by atoms with Crippen LogP contribution in [0.1, 0.15) is 44.3 Å². The lowest BCUT2D eigenvalue weighted by Gasteiger charge is -2.23. The second-order valence-electron chi connectivity index (χ2n) is 7.63. The molecule has 2 aliphatic rings. The summed E-state index contributed by atoms with van der Waals surface area (Å²) in [5.74, 6) is 2.67. The van der Waals surface area contributed by atoms with Crippen molar-refractivity contribution < 1.29 is 0 Å². The molecule has 0 amide bonds. The zero-order valence-electron chi connectivity index (χ0n) is 14.8. The van der Waals surface area contributed by atoms with Gasteiger partial charge < -0.3 is 10.3 Å². The lowest BCUT2D eigenvalue weighted by Crippen LogP contribution is -2.29. The molecular weight excluding hydrogens is 310 g/mol. The first-order valence-electron chi connectivity index (χ1n) is 9.53. The summed E-state index contributed by atoms with van der Waals surface area (Å²) in [5.41, 5.74) is 2.75. The number of hydrogen-bond donors (Lipinski definition) is 2. The number of aryl methyl sites for hydroxylation is 1. The van der Waals surface area contributed by atoms with Gasteiger partial charge in [-0.1, -0.05) is 25.1 Å². The third-order valence-corrected chi connectivity index (χ3v) is 6.07. The highest BCUT2D eigenvalue weighted by Crippen LogP contribution is 2.63. The highest BCUT2D eigenvalue weighted by Gasteiger charge is 2.56. The average Bonchev–Trinajstić information content (AvgIpc) is 2.99. The van der Waals surface area contributed by atoms with E-state index in [0.717, 1.165) is 43.0 Å². The molecule has 25 heavy (non-hydrogen) atoms. The number of aromatic nitrogens is 4. The summed E-state index contributed by atoms with van der Waals surface area (Å²) in [4.78, 5) is 8.40. The van der Waals surface area contributed by atoms with Gasteiger partial charge in [0.05, 0.1) is 0 Å². The summed E-state index contributed by atoms with van der Waals surface area (Å²) in [6.07, 6.45) is 6.97. The zero-order valence-corrected chi connectivity index (χ0v) is 14.8. The van der Waals surface area contributed by atoms with Crippen LogP contribution in [0.5, 0.6) is 0 Å². The molecule has 130 valence electrons. The van der Waals surface area contributed by atoms with E-state index in [4.69, 9.17) is 10.1 Å². The Morgan fingerprint density at radius 1 is 1.24 bits per heavy atom. The summed E-state index contributed by atoms with van der Waals surface area (Å²) < 4.78 is 2.18. The normalized spacial score (nSPS) is 21.9. The Morgan fingerprint density at radius 2 is 2.08 bits per heavy atom. The Morgan fingerprint density at radius 3 is 2.92 bits per heavy atom. The van der Waals surface area contributed by atoms with Gasteiger partial charge in [-0.2, -0.15) is 5.10 Å². The fourth-order valence-electron chi connectivity index (χ4n) is 4.55. The maximum Gasteiger partial charge on any atom is 0.183 e. The fraction of sp³-hybridized carbons (Fsp3) is 0.500. The van der Waals surface area contributed by atoms with Gasteiger partial charge in [-0.25, -0.2) is 9.67 Å². The minimum absolute atomic E-state index is 0.487. The Labute approximate surface area is 147 Å². The van der Waals surface area contributed by atoms with Gasteiger partial charge >= 0.3 is 0 Å². The van der Waals surface area contributed by atoms with E-state index in [-0.39, 0.29) is 0 Å². The number of aromatic amines is 1. The van der Waals surface area contributed by atoms with E-state index >= 15 is 0 Å². The minimum atomic E-state index is 0.487. The molecule has 5 nitrogen and oxygen atoms in total. The van der Waals surface area contributed by atoms with Crippen LogP contribution in [0.15, 0.2) is 30.5 Å². The van der Waals surface area contributed by atoms with Crippen molar-refractivity contribution in [1.82, 2.24) is 25.1 Å². The first-order chi connectivity index (χ1) is 12.3. The third kappa shape index (κ3) is 2.41. The molecule has 1 aliphatic carbocycles. The summed E-state index contributed by atoms with van der Waals surface area (Å²) in [5, 5.41) is 9.60. The number of nitrogens with zero attached hydrogens (tertiary/aromatic N) is 3. The predicted octanol–water partition coefficient (Wildman–Crippen LogP) is 3.69. The maximum absolute atomic E-state index is 5.04.